The largest absolute Gasteiger partial charge is 0.306 e. The first-order valence-corrected chi connectivity index (χ1v) is 8.76. The highest BCUT2D eigenvalue weighted by atomic mass is 32.1. The Morgan fingerprint density at radius 1 is 1.36 bits per heavy atom. The van der Waals surface area contributed by atoms with Crippen LogP contribution in [0.5, 0.6) is 0 Å². The Labute approximate surface area is 148 Å². The van der Waals surface area contributed by atoms with Crippen molar-refractivity contribution in [3.8, 4) is 11.3 Å². The number of carbonyl (C=O) groups is 1. The molecule has 4 aromatic rings. The highest BCUT2D eigenvalue weighted by molar-refractivity contribution is 7.13. The van der Waals surface area contributed by atoms with E-state index in [-0.39, 0.29) is 5.91 Å². The molecule has 0 spiro atoms. The molecule has 8 heteroatoms. The first-order valence-electron chi connectivity index (χ1n) is 7.88. The minimum atomic E-state index is -0.227. The van der Waals surface area contributed by atoms with Gasteiger partial charge < -0.3 is 4.40 Å². The number of imidazole rings is 1. The van der Waals surface area contributed by atoms with E-state index in [9.17, 15) is 4.79 Å². The molecule has 0 saturated heterocycles. The summed E-state index contributed by atoms with van der Waals surface area (Å²) in [5, 5.41) is 9.64. The average Bonchev–Trinajstić information content (AvgIpc) is 3.33. The van der Waals surface area contributed by atoms with Crippen molar-refractivity contribution in [3.63, 3.8) is 0 Å². The molecule has 0 aromatic carbocycles. The van der Waals surface area contributed by atoms with Crippen LogP contribution < -0.4 is 5.32 Å². The van der Waals surface area contributed by atoms with Crippen molar-refractivity contribution >= 4 is 28.0 Å². The SMILES string of the molecule is CCn1nccc1-c1cc(C(=O)Nc2nc(C)cs2)c2nccn2c1. The van der Waals surface area contributed by atoms with Crippen LogP contribution in [0, 0.1) is 6.92 Å². The molecule has 0 bridgehead atoms. The molecule has 0 unspecified atom stereocenters. The van der Waals surface area contributed by atoms with Crippen molar-refractivity contribution in [2.24, 2.45) is 0 Å². The standard InChI is InChI=1S/C17H16N6OS/c1-3-23-14(4-5-19-23)12-8-13(15-18-6-7-22(15)9-12)16(24)21-17-20-11(2)10-25-17/h4-10H,3H2,1-2H3,(H,20,21,24). The lowest BCUT2D eigenvalue weighted by molar-refractivity contribution is 0.102. The van der Waals surface area contributed by atoms with Crippen LogP contribution in [-0.4, -0.2) is 30.1 Å². The van der Waals surface area contributed by atoms with Gasteiger partial charge in [0.15, 0.2) is 5.13 Å². The summed E-state index contributed by atoms with van der Waals surface area (Å²) in [6.45, 7) is 4.68. The highest BCUT2D eigenvalue weighted by Gasteiger charge is 2.17. The molecule has 0 aliphatic rings. The molecule has 0 aliphatic carbocycles. The number of hydrogen-bond donors (Lipinski definition) is 1. The van der Waals surface area contributed by atoms with E-state index >= 15 is 0 Å². The van der Waals surface area contributed by atoms with Crippen molar-refractivity contribution in [1.29, 1.82) is 0 Å². The quantitative estimate of drug-likeness (QED) is 0.612. The zero-order valence-electron chi connectivity index (χ0n) is 13.8. The number of nitrogens with one attached hydrogen (secondary N) is 1. The van der Waals surface area contributed by atoms with Gasteiger partial charge in [-0.05, 0) is 26.0 Å². The first kappa shape index (κ1) is 15.5. The van der Waals surface area contributed by atoms with Crippen LogP contribution in [0.25, 0.3) is 16.9 Å². The Morgan fingerprint density at radius 2 is 2.24 bits per heavy atom. The second kappa shape index (κ2) is 6.14. The third-order valence-corrected chi connectivity index (χ3v) is 4.76. The zero-order valence-corrected chi connectivity index (χ0v) is 14.6. The first-order chi connectivity index (χ1) is 12.2. The van der Waals surface area contributed by atoms with Crippen molar-refractivity contribution in [3.05, 3.63) is 53.6 Å². The third kappa shape index (κ3) is 2.80. The molecule has 7 nitrogen and oxygen atoms in total. The molecular weight excluding hydrogens is 336 g/mol. The monoisotopic (exact) mass is 352 g/mol. The summed E-state index contributed by atoms with van der Waals surface area (Å²) >= 11 is 1.40. The Hall–Kier alpha value is -3.00. The van der Waals surface area contributed by atoms with Gasteiger partial charge in [0.05, 0.1) is 17.0 Å². The molecule has 25 heavy (non-hydrogen) atoms. The number of anilines is 1. The lowest BCUT2D eigenvalue weighted by atomic mass is 10.1. The number of aryl methyl sites for hydroxylation is 2. The van der Waals surface area contributed by atoms with Gasteiger partial charge in [-0.2, -0.15) is 5.10 Å². The molecule has 0 atom stereocenters. The minimum absolute atomic E-state index is 0.227. The van der Waals surface area contributed by atoms with Crippen molar-refractivity contribution in [1.82, 2.24) is 24.1 Å². The van der Waals surface area contributed by atoms with Gasteiger partial charge in [-0.1, -0.05) is 0 Å². The fourth-order valence-corrected chi connectivity index (χ4v) is 3.43. The number of fused-ring (bicyclic) bond motifs is 1. The Bertz CT molecular complexity index is 1060. The van der Waals surface area contributed by atoms with Gasteiger partial charge in [-0.3, -0.25) is 14.8 Å². The summed E-state index contributed by atoms with van der Waals surface area (Å²) in [7, 11) is 0. The lowest BCUT2D eigenvalue weighted by Crippen LogP contribution is -2.14. The number of amides is 1. The van der Waals surface area contributed by atoms with E-state index in [4.69, 9.17) is 0 Å². The molecule has 1 amide bonds. The predicted molar refractivity (Wildman–Crippen MR) is 96.9 cm³/mol. The smallest absolute Gasteiger partial charge is 0.261 e. The van der Waals surface area contributed by atoms with Gasteiger partial charge in [-0.15, -0.1) is 11.3 Å². The van der Waals surface area contributed by atoms with Crippen LogP contribution in [0.15, 0.2) is 42.3 Å². The number of nitrogens with zero attached hydrogens (tertiary/aromatic N) is 5. The maximum absolute atomic E-state index is 12.8. The van der Waals surface area contributed by atoms with Crippen molar-refractivity contribution in [2.75, 3.05) is 5.32 Å². The van der Waals surface area contributed by atoms with E-state index in [0.29, 0.717) is 16.3 Å². The number of hydrogen-bond acceptors (Lipinski definition) is 5. The number of aromatic nitrogens is 5. The molecule has 0 saturated carbocycles. The van der Waals surface area contributed by atoms with Crippen LogP contribution in [-0.2, 0) is 6.54 Å². The van der Waals surface area contributed by atoms with E-state index in [2.05, 4.69) is 20.4 Å². The molecule has 0 fully saturated rings. The van der Waals surface area contributed by atoms with Gasteiger partial charge in [0.25, 0.3) is 5.91 Å². The maximum atomic E-state index is 12.8. The van der Waals surface area contributed by atoms with Gasteiger partial charge >= 0.3 is 0 Å². The highest BCUT2D eigenvalue weighted by Crippen LogP contribution is 2.24. The fourth-order valence-electron chi connectivity index (χ4n) is 2.75. The summed E-state index contributed by atoms with van der Waals surface area (Å²) in [5.41, 5.74) is 3.85. The van der Waals surface area contributed by atoms with Crippen LogP contribution >= 0.6 is 11.3 Å². The molecular formula is C17H16N6OS. The predicted octanol–water partition coefficient (Wildman–Crippen LogP) is 3.23. The van der Waals surface area contributed by atoms with Crippen LogP contribution in [0.3, 0.4) is 0 Å². The van der Waals surface area contributed by atoms with E-state index in [1.54, 1.807) is 12.4 Å². The van der Waals surface area contributed by atoms with Gasteiger partial charge in [0.2, 0.25) is 0 Å². The molecule has 126 valence electrons. The van der Waals surface area contributed by atoms with E-state index in [1.165, 1.54) is 11.3 Å². The van der Waals surface area contributed by atoms with Crippen LogP contribution in [0.2, 0.25) is 0 Å². The van der Waals surface area contributed by atoms with Gasteiger partial charge in [0, 0.05) is 42.3 Å². The third-order valence-electron chi connectivity index (χ3n) is 3.88. The van der Waals surface area contributed by atoms with E-state index < -0.39 is 0 Å². The van der Waals surface area contributed by atoms with Crippen LogP contribution in [0.4, 0.5) is 5.13 Å². The van der Waals surface area contributed by atoms with Crippen molar-refractivity contribution in [2.45, 2.75) is 20.4 Å². The number of thiazole rings is 1. The molecule has 4 rings (SSSR count). The Morgan fingerprint density at radius 3 is 3.00 bits per heavy atom. The van der Waals surface area contributed by atoms with Crippen LogP contribution in [0.1, 0.15) is 23.0 Å². The lowest BCUT2D eigenvalue weighted by Gasteiger charge is -2.09. The fraction of sp³-hybridized carbons (Fsp3) is 0.176. The normalized spacial score (nSPS) is 11.1. The summed E-state index contributed by atoms with van der Waals surface area (Å²) in [6.07, 6.45) is 7.22. The molecule has 1 N–H and O–H groups in total. The summed E-state index contributed by atoms with van der Waals surface area (Å²) in [5.74, 6) is -0.227. The average molecular weight is 352 g/mol. The summed E-state index contributed by atoms with van der Waals surface area (Å²) in [6, 6.07) is 3.79. The summed E-state index contributed by atoms with van der Waals surface area (Å²) in [4.78, 5) is 21.4. The molecule has 4 aromatic heterocycles. The Kier molecular flexibility index (Phi) is 3.81. The molecule has 4 heterocycles. The topological polar surface area (TPSA) is 77.1 Å². The molecule has 0 aliphatic heterocycles. The second-order valence-corrected chi connectivity index (χ2v) is 6.44. The van der Waals surface area contributed by atoms with E-state index in [0.717, 1.165) is 23.5 Å². The molecule has 0 radical (unpaired) electrons. The Balaban J connectivity index is 1.79. The zero-order chi connectivity index (χ0) is 17.4. The number of pyridine rings is 1. The number of rotatable bonds is 4. The summed E-state index contributed by atoms with van der Waals surface area (Å²) < 4.78 is 3.74. The minimum Gasteiger partial charge on any atom is -0.306 e. The number of carbonyl (C=O) groups excluding carboxylic acids is 1. The van der Waals surface area contributed by atoms with Crippen molar-refractivity contribution < 1.29 is 4.79 Å². The second-order valence-electron chi connectivity index (χ2n) is 5.58. The van der Waals surface area contributed by atoms with Gasteiger partial charge in [-0.25, -0.2) is 9.97 Å². The van der Waals surface area contributed by atoms with Gasteiger partial charge in [0.1, 0.15) is 5.65 Å². The van der Waals surface area contributed by atoms with E-state index in [1.807, 2.05) is 52.8 Å². The maximum Gasteiger partial charge on any atom is 0.261 e.